The lowest BCUT2D eigenvalue weighted by atomic mass is 10.1. The summed E-state index contributed by atoms with van der Waals surface area (Å²) < 4.78 is 1.43. The zero-order chi connectivity index (χ0) is 20.4. The quantitative estimate of drug-likeness (QED) is 0.283. The summed E-state index contributed by atoms with van der Waals surface area (Å²) >= 11 is 10.2. The number of unbranched alkanes of at least 4 members (excludes halogenated alkanes) is 3. The van der Waals surface area contributed by atoms with Gasteiger partial charge in [-0.15, -0.1) is 0 Å². The van der Waals surface area contributed by atoms with Crippen LogP contribution in [0.4, 0.5) is 5.69 Å². The van der Waals surface area contributed by atoms with Gasteiger partial charge in [-0.25, -0.2) is 0 Å². The predicted octanol–water partition coefficient (Wildman–Crippen LogP) is 5.75. The lowest BCUT2D eigenvalue weighted by Gasteiger charge is -2.21. The smallest absolute Gasteiger partial charge is 0.267 e. The average Bonchev–Trinajstić information content (AvgIpc) is 3.10. The third kappa shape index (κ3) is 3.94. The number of fused-ring (bicyclic) bond motifs is 1. The summed E-state index contributed by atoms with van der Waals surface area (Å²) in [4.78, 5) is 30.4. The number of carbonyl (C=O) groups is 2. The molecular formula is C21H25BrN2O2S2. The largest absolute Gasteiger partial charge is 0.308 e. The Kier molecular flexibility index (Phi) is 6.99. The Hall–Kier alpha value is -1.18. The third-order valence-electron chi connectivity index (χ3n) is 5.27. The standard InChI is InChI=1S/C21H25BrN2O2S2/c1-4-6-7-8-11-23-16-10-9-14(22)12-15(16)17(19(23)25)18-20(26)24(13(3)5-2)21(27)28-18/h9-10,12-13H,4-8,11H2,1-3H3/b18-17-/t13-/m1/s1. The molecule has 0 unspecified atom stereocenters. The molecule has 1 aromatic rings. The van der Waals surface area contributed by atoms with Crippen molar-refractivity contribution >= 4 is 67.3 Å². The lowest BCUT2D eigenvalue weighted by Crippen LogP contribution is -2.36. The van der Waals surface area contributed by atoms with Crippen molar-refractivity contribution in [1.82, 2.24) is 4.90 Å². The van der Waals surface area contributed by atoms with Gasteiger partial charge in [0.2, 0.25) is 0 Å². The van der Waals surface area contributed by atoms with Crippen molar-refractivity contribution in [3.63, 3.8) is 0 Å². The van der Waals surface area contributed by atoms with Crippen molar-refractivity contribution < 1.29 is 9.59 Å². The highest BCUT2D eigenvalue weighted by Crippen LogP contribution is 2.46. The van der Waals surface area contributed by atoms with Crippen molar-refractivity contribution in [3.8, 4) is 0 Å². The molecule has 0 aliphatic carbocycles. The monoisotopic (exact) mass is 480 g/mol. The molecule has 4 nitrogen and oxygen atoms in total. The van der Waals surface area contributed by atoms with Gasteiger partial charge in [0.1, 0.15) is 4.32 Å². The van der Waals surface area contributed by atoms with Gasteiger partial charge in [-0.1, -0.05) is 73.0 Å². The summed E-state index contributed by atoms with van der Waals surface area (Å²) in [6.07, 6.45) is 5.18. The SMILES string of the molecule is CCCCCCN1C(=O)/C(=C2\SC(=S)N([C@H](C)CC)C2=O)c2cc(Br)ccc21. The molecule has 0 bridgehead atoms. The maximum Gasteiger partial charge on any atom is 0.267 e. The molecule has 2 aliphatic heterocycles. The first-order valence-corrected chi connectivity index (χ1v) is 11.8. The first-order valence-electron chi connectivity index (χ1n) is 9.82. The summed E-state index contributed by atoms with van der Waals surface area (Å²) in [5, 5.41) is 0. The van der Waals surface area contributed by atoms with Gasteiger partial charge in [-0.2, -0.15) is 0 Å². The lowest BCUT2D eigenvalue weighted by molar-refractivity contribution is -0.123. The Morgan fingerprint density at radius 1 is 1.14 bits per heavy atom. The zero-order valence-electron chi connectivity index (χ0n) is 16.5. The fraction of sp³-hybridized carbons (Fsp3) is 0.476. The summed E-state index contributed by atoms with van der Waals surface area (Å²) in [6.45, 7) is 6.86. The number of halogens is 1. The van der Waals surface area contributed by atoms with Crippen LogP contribution < -0.4 is 4.90 Å². The number of amides is 2. The fourth-order valence-electron chi connectivity index (χ4n) is 3.53. The topological polar surface area (TPSA) is 40.6 Å². The van der Waals surface area contributed by atoms with Gasteiger partial charge >= 0.3 is 0 Å². The Balaban J connectivity index is 2.01. The molecule has 0 N–H and O–H groups in total. The molecule has 150 valence electrons. The number of thiocarbonyl (C=S) groups is 1. The highest BCUT2D eigenvalue weighted by molar-refractivity contribution is 9.10. The van der Waals surface area contributed by atoms with E-state index in [-0.39, 0.29) is 17.9 Å². The molecule has 1 saturated heterocycles. The van der Waals surface area contributed by atoms with Crippen LogP contribution >= 0.6 is 39.9 Å². The van der Waals surface area contributed by atoms with Crippen LogP contribution in [0.3, 0.4) is 0 Å². The molecular weight excluding hydrogens is 456 g/mol. The maximum absolute atomic E-state index is 13.3. The Bertz CT molecular complexity index is 853. The van der Waals surface area contributed by atoms with Crippen molar-refractivity contribution in [3.05, 3.63) is 33.1 Å². The molecule has 3 rings (SSSR count). The van der Waals surface area contributed by atoms with Gasteiger partial charge in [-0.3, -0.25) is 14.5 Å². The third-order valence-corrected chi connectivity index (χ3v) is 7.16. The van der Waals surface area contributed by atoms with Crippen molar-refractivity contribution in [2.24, 2.45) is 0 Å². The summed E-state index contributed by atoms with van der Waals surface area (Å²) in [6, 6.07) is 5.86. The molecule has 0 radical (unpaired) electrons. The number of nitrogens with zero attached hydrogens (tertiary/aromatic N) is 2. The molecule has 7 heteroatoms. The van der Waals surface area contributed by atoms with E-state index in [1.54, 1.807) is 4.90 Å². The number of thioether (sulfide) groups is 1. The van der Waals surface area contributed by atoms with Gasteiger partial charge in [-0.05, 0) is 38.0 Å². The molecule has 2 amide bonds. The first kappa shape index (κ1) is 21.5. The van der Waals surface area contributed by atoms with Crippen LogP contribution in [0.2, 0.25) is 0 Å². The molecule has 2 aliphatic rings. The number of hydrogen-bond acceptors (Lipinski definition) is 4. The summed E-state index contributed by atoms with van der Waals surface area (Å²) in [7, 11) is 0. The van der Waals surface area contributed by atoms with E-state index < -0.39 is 0 Å². The van der Waals surface area contributed by atoms with Crippen LogP contribution in [-0.2, 0) is 9.59 Å². The molecule has 2 heterocycles. The number of hydrogen-bond donors (Lipinski definition) is 0. The molecule has 0 spiro atoms. The first-order chi connectivity index (χ1) is 13.4. The van der Waals surface area contributed by atoms with Crippen LogP contribution in [0.15, 0.2) is 27.6 Å². The van der Waals surface area contributed by atoms with Gasteiger partial charge < -0.3 is 4.90 Å². The van der Waals surface area contributed by atoms with Crippen LogP contribution in [0.25, 0.3) is 5.57 Å². The van der Waals surface area contributed by atoms with Crippen molar-refractivity contribution in [1.29, 1.82) is 0 Å². The second-order valence-electron chi connectivity index (χ2n) is 7.18. The molecule has 1 aromatic carbocycles. The highest BCUT2D eigenvalue weighted by atomic mass is 79.9. The molecule has 0 saturated carbocycles. The highest BCUT2D eigenvalue weighted by Gasteiger charge is 2.42. The van der Waals surface area contributed by atoms with E-state index in [4.69, 9.17) is 12.2 Å². The normalized spacial score (nSPS) is 20.4. The van der Waals surface area contributed by atoms with Gasteiger partial charge in [0.05, 0.1) is 16.2 Å². The van der Waals surface area contributed by atoms with Crippen molar-refractivity contribution in [2.75, 3.05) is 11.4 Å². The van der Waals surface area contributed by atoms with Gasteiger partial charge in [0, 0.05) is 22.6 Å². The number of rotatable bonds is 7. The van der Waals surface area contributed by atoms with E-state index in [2.05, 4.69) is 22.9 Å². The molecule has 1 atom stereocenters. The average molecular weight is 481 g/mol. The maximum atomic E-state index is 13.3. The van der Waals surface area contributed by atoms with Gasteiger partial charge in [0.15, 0.2) is 0 Å². The zero-order valence-corrected chi connectivity index (χ0v) is 19.7. The minimum atomic E-state index is -0.147. The van der Waals surface area contributed by atoms with E-state index >= 15 is 0 Å². The Labute approximate surface area is 184 Å². The summed E-state index contributed by atoms with van der Waals surface area (Å²) in [5.74, 6) is -0.235. The summed E-state index contributed by atoms with van der Waals surface area (Å²) in [5.41, 5.74) is 2.20. The van der Waals surface area contributed by atoms with Crippen LogP contribution in [0, 0.1) is 0 Å². The van der Waals surface area contributed by atoms with Crippen LogP contribution in [0.1, 0.15) is 58.4 Å². The van der Waals surface area contributed by atoms with E-state index in [1.807, 2.05) is 36.9 Å². The number of benzene rings is 1. The van der Waals surface area contributed by atoms with E-state index in [0.29, 0.717) is 21.3 Å². The Morgan fingerprint density at radius 2 is 1.89 bits per heavy atom. The van der Waals surface area contributed by atoms with Crippen LogP contribution in [-0.4, -0.2) is 33.6 Å². The van der Waals surface area contributed by atoms with Gasteiger partial charge in [0.25, 0.3) is 11.8 Å². The molecule has 0 aromatic heterocycles. The van der Waals surface area contributed by atoms with Crippen molar-refractivity contribution in [2.45, 2.75) is 58.9 Å². The fourth-order valence-corrected chi connectivity index (χ4v) is 5.43. The molecule has 28 heavy (non-hydrogen) atoms. The second-order valence-corrected chi connectivity index (χ2v) is 9.74. The van der Waals surface area contributed by atoms with E-state index in [0.717, 1.165) is 47.8 Å². The number of anilines is 1. The minimum Gasteiger partial charge on any atom is -0.308 e. The molecule has 1 fully saturated rings. The number of carbonyl (C=O) groups excluding carboxylic acids is 2. The Morgan fingerprint density at radius 3 is 2.57 bits per heavy atom. The van der Waals surface area contributed by atoms with E-state index in [1.165, 1.54) is 11.8 Å². The predicted molar refractivity (Wildman–Crippen MR) is 124 cm³/mol. The van der Waals surface area contributed by atoms with E-state index in [9.17, 15) is 9.59 Å². The second kappa shape index (κ2) is 9.09. The minimum absolute atomic E-state index is 0.0224. The van der Waals surface area contributed by atoms with Crippen LogP contribution in [0.5, 0.6) is 0 Å².